The number of morpholine rings is 1. The Morgan fingerprint density at radius 3 is 2.00 bits per heavy atom. The molecule has 0 radical (unpaired) electrons. The third-order valence-electron chi connectivity index (χ3n) is 5.77. The first-order chi connectivity index (χ1) is 14.1. The molecule has 2 heterocycles. The van der Waals surface area contributed by atoms with E-state index in [1.807, 2.05) is 30.3 Å². The summed E-state index contributed by atoms with van der Waals surface area (Å²) >= 11 is 0. The van der Waals surface area contributed by atoms with Crippen molar-refractivity contribution in [3.05, 3.63) is 71.3 Å². The number of aliphatic hydroxyl groups is 1. The summed E-state index contributed by atoms with van der Waals surface area (Å²) in [4.78, 5) is 28.9. The van der Waals surface area contributed by atoms with E-state index in [0.29, 0.717) is 50.5 Å². The van der Waals surface area contributed by atoms with Gasteiger partial charge in [-0.25, -0.2) is 0 Å². The molecule has 0 aromatic heterocycles. The number of carbonyl (C=O) groups excluding carboxylic acids is 2. The van der Waals surface area contributed by atoms with Gasteiger partial charge in [-0.2, -0.15) is 0 Å². The molecule has 2 saturated heterocycles. The molecule has 2 aliphatic rings. The van der Waals surface area contributed by atoms with Gasteiger partial charge in [-0.1, -0.05) is 30.3 Å². The molecule has 0 unspecified atom stereocenters. The third-order valence-corrected chi connectivity index (χ3v) is 5.77. The number of rotatable bonds is 3. The van der Waals surface area contributed by atoms with Gasteiger partial charge in [0.1, 0.15) is 0 Å². The number of hydrogen-bond acceptors (Lipinski definition) is 4. The summed E-state index contributed by atoms with van der Waals surface area (Å²) in [5.41, 5.74) is 2.22. The zero-order valence-corrected chi connectivity index (χ0v) is 16.4. The fraction of sp³-hybridized carbons (Fsp3) is 0.391. The number of β-amino-alcohol motifs (C(OH)–C–C–N with tert-alkyl or cyclic N) is 1. The van der Waals surface area contributed by atoms with Crippen molar-refractivity contribution in [2.75, 3.05) is 39.4 Å². The lowest BCUT2D eigenvalue weighted by molar-refractivity contribution is 0.0302. The van der Waals surface area contributed by atoms with Gasteiger partial charge in [0.05, 0.1) is 19.3 Å². The Balaban J connectivity index is 1.39. The van der Waals surface area contributed by atoms with Gasteiger partial charge in [-0.3, -0.25) is 9.59 Å². The highest BCUT2D eigenvalue weighted by Gasteiger charge is 2.31. The van der Waals surface area contributed by atoms with Crippen LogP contribution in [0.25, 0.3) is 0 Å². The van der Waals surface area contributed by atoms with Gasteiger partial charge in [0.2, 0.25) is 0 Å². The van der Waals surface area contributed by atoms with Crippen molar-refractivity contribution in [1.82, 2.24) is 9.80 Å². The van der Waals surface area contributed by atoms with E-state index in [2.05, 4.69) is 0 Å². The average molecular weight is 394 g/mol. The van der Waals surface area contributed by atoms with E-state index in [4.69, 9.17) is 4.74 Å². The third kappa shape index (κ3) is 4.33. The van der Waals surface area contributed by atoms with Crippen LogP contribution in [0.2, 0.25) is 0 Å². The van der Waals surface area contributed by atoms with Gasteiger partial charge in [-0.05, 0) is 36.2 Å². The van der Waals surface area contributed by atoms with Crippen LogP contribution in [0.4, 0.5) is 0 Å². The van der Waals surface area contributed by atoms with Crippen LogP contribution >= 0.6 is 0 Å². The predicted molar refractivity (Wildman–Crippen MR) is 109 cm³/mol. The fourth-order valence-electron chi connectivity index (χ4n) is 4.09. The zero-order chi connectivity index (χ0) is 20.2. The first-order valence-electron chi connectivity index (χ1n) is 10.1. The standard InChI is InChI=1S/C23H26N2O4/c26-21-16-25(11-10-20(21)17-4-2-1-3-5-17)23(28)19-8-6-18(7-9-19)22(27)24-12-14-29-15-13-24/h1-9,20-21,26H,10-16H2/t20-,21-/m1/s1. The number of nitrogens with zero attached hydrogens (tertiary/aromatic N) is 2. The molecule has 0 bridgehead atoms. The molecule has 2 aliphatic heterocycles. The van der Waals surface area contributed by atoms with Gasteiger partial charge in [0.15, 0.2) is 0 Å². The predicted octanol–water partition coefficient (Wildman–Crippen LogP) is 2.15. The second-order valence-corrected chi connectivity index (χ2v) is 7.61. The number of likely N-dealkylation sites (tertiary alicyclic amines) is 1. The molecule has 2 amide bonds. The number of ether oxygens (including phenoxy) is 1. The van der Waals surface area contributed by atoms with Crippen LogP contribution < -0.4 is 0 Å². The molecular formula is C23H26N2O4. The van der Waals surface area contributed by atoms with Gasteiger partial charge >= 0.3 is 0 Å². The molecule has 2 atom stereocenters. The van der Waals surface area contributed by atoms with Gasteiger partial charge in [0.25, 0.3) is 11.8 Å². The maximum Gasteiger partial charge on any atom is 0.254 e. The second kappa shape index (κ2) is 8.76. The number of aliphatic hydroxyl groups excluding tert-OH is 1. The summed E-state index contributed by atoms with van der Waals surface area (Å²) in [5, 5.41) is 10.6. The topological polar surface area (TPSA) is 70.1 Å². The van der Waals surface area contributed by atoms with Crippen molar-refractivity contribution in [1.29, 1.82) is 0 Å². The Morgan fingerprint density at radius 1 is 0.828 bits per heavy atom. The molecule has 29 heavy (non-hydrogen) atoms. The number of amides is 2. The molecule has 6 nitrogen and oxygen atoms in total. The average Bonchev–Trinajstić information content (AvgIpc) is 2.79. The maximum atomic E-state index is 12.9. The highest BCUT2D eigenvalue weighted by atomic mass is 16.5. The van der Waals surface area contributed by atoms with Crippen molar-refractivity contribution in [3.8, 4) is 0 Å². The van der Waals surface area contributed by atoms with Crippen molar-refractivity contribution < 1.29 is 19.4 Å². The Morgan fingerprint density at radius 2 is 1.41 bits per heavy atom. The van der Waals surface area contributed by atoms with Crippen LogP contribution in [-0.2, 0) is 4.74 Å². The molecular weight excluding hydrogens is 368 g/mol. The minimum atomic E-state index is -0.586. The molecule has 2 fully saturated rings. The van der Waals surface area contributed by atoms with E-state index in [-0.39, 0.29) is 17.7 Å². The summed E-state index contributed by atoms with van der Waals surface area (Å²) in [5.74, 6) is -0.0962. The monoisotopic (exact) mass is 394 g/mol. The van der Waals surface area contributed by atoms with Crippen LogP contribution in [0.1, 0.15) is 38.6 Å². The molecule has 0 saturated carbocycles. The Hall–Kier alpha value is -2.70. The number of carbonyl (C=O) groups is 2. The van der Waals surface area contributed by atoms with E-state index in [1.54, 1.807) is 34.1 Å². The summed E-state index contributed by atoms with van der Waals surface area (Å²) in [6.45, 7) is 3.21. The highest BCUT2D eigenvalue weighted by molar-refractivity contribution is 5.98. The largest absolute Gasteiger partial charge is 0.391 e. The minimum absolute atomic E-state index is 0.0357. The van der Waals surface area contributed by atoms with Gasteiger partial charge < -0.3 is 19.6 Å². The lowest BCUT2D eigenvalue weighted by atomic mass is 9.87. The van der Waals surface area contributed by atoms with Gasteiger partial charge in [-0.15, -0.1) is 0 Å². The van der Waals surface area contributed by atoms with E-state index in [1.165, 1.54) is 0 Å². The summed E-state index contributed by atoms with van der Waals surface area (Å²) in [7, 11) is 0. The number of benzene rings is 2. The van der Waals surface area contributed by atoms with Crippen LogP contribution in [0.5, 0.6) is 0 Å². The van der Waals surface area contributed by atoms with Crippen molar-refractivity contribution in [3.63, 3.8) is 0 Å². The molecule has 4 rings (SSSR count). The molecule has 0 spiro atoms. The van der Waals surface area contributed by atoms with Crippen LogP contribution in [-0.4, -0.2) is 72.2 Å². The van der Waals surface area contributed by atoms with E-state index >= 15 is 0 Å². The lowest BCUT2D eigenvalue weighted by Gasteiger charge is -2.36. The van der Waals surface area contributed by atoms with Crippen LogP contribution in [0.15, 0.2) is 54.6 Å². The molecule has 2 aromatic rings. The molecule has 1 N–H and O–H groups in total. The normalized spacial score (nSPS) is 22.4. The first-order valence-corrected chi connectivity index (χ1v) is 10.1. The second-order valence-electron chi connectivity index (χ2n) is 7.61. The molecule has 2 aromatic carbocycles. The minimum Gasteiger partial charge on any atom is -0.391 e. The van der Waals surface area contributed by atoms with Gasteiger partial charge in [0, 0.05) is 43.2 Å². The molecule has 6 heteroatoms. The Kier molecular flexibility index (Phi) is 5.92. The Labute approximate surface area is 170 Å². The number of piperidine rings is 1. The summed E-state index contributed by atoms with van der Waals surface area (Å²) in [6.07, 6.45) is 0.141. The summed E-state index contributed by atoms with van der Waals surface area (Å²) in [6, 6.07) is 16.8. The quantitative estimate of drug-likeness (QED) is 0.866. The summed E-state index contributed by atoms with van der Waals surface area (Å²) < 4.78 is 5.28. The van der Waals surface area contributed by atoms with E-state index in [9.17, 15) is 14.7 Å². The Bertz CT molecular complexity index is 847. The SMILES string of the molecule is O=C(c1ccc(C(=O)N2CC[C@H](c3ccccc3)[C@H](O)C2)cc1)N1CCOCC1. The fourth-order valence-corrected chi connectivity index (χ4v) is 4.09. The number of hydrogen-bond donors (Lipinski definition) is 1. The van der Waals surface area contributed by atoms with Crippen molar-refractivity contribution >= 4 is 11.8 Å². The van der Waals surface area contributed by atoms with Crippen LogP contribution in [0.3, 0.4) is 0 Å². The maximum absolute atomic E-state index is 12.9. The lowest BCUT2D eigenvalue weighted by Crippen LogP contribution is -2.45. The van der Waals surface area contributed by atoms with Crippen molar-refractivity contribution in [2.24, 2.45) is 0 Å². The van der Waals surface area contributed by atoms with Crippen LogP contribution in [0, 0.1) is 0 Å². The smallest absolute Gasteiger partial charge is 0.254 e. The van der Waals surface area contributed by atoms with Crippen molar-refractivity contribution in [2.45, 2.75) is 18.4 Å². The first kappa shape index (κ1) is 19.6. The highest BCUT2D eigenvalue weighted by Crippen LogP contribution is 2.29. The molecule has 0 aliphatic carbocycles. The van der Waals surface area contributed by atoms with E-state index in [0.717, 1.165) is 12.0 Å². The van der Waals surface area contributed by atoms with E-state index < -0.39 is 6.10 Å². The zero-order valence-electron chi connectivity index (χ0n) is 16.4. The molecule has 152 valence electrons.